The number of hydrogen-bond acceptors (Lipinski definition) is 7. The Kier molecular flexibility index (Phi) is 6.16. The van der Waals surface area contributed by atoms with Crippen LogP contribution in [0.4, 0.5) is 5.82 Å². The maximum atomic E-state index is 11.7. The number of morpholine rings is 1. The molecule has 2 heterocycles. The van der Waals surface area contributed by atoms with Crippen LogP contribution in [0, 0.1) is 11.3 Å². The lowest BCUT2D eigenvalue weighted by Gasteiger charge is -2.31. The normalized spacial score (nSPS) is 16.9. The molecule has 0 radical (unpaired) electrons. The monoisotopic (exact) mass is 361 g/mol. The summed E-state index contributed by atoms with van der Waals surface area (Å²) in [5.41, 5.74) is 2.97. The van der Waals surface area contributed by atoms with Gasteiger partial charge in [-0.15, -0.1) is 0 Å². The van der Waals surface area contributed by atoms with Crippen LogP contribution in [0.3, 0.4) is 0 Å². The Bertz CT molecular complexity index is 681. The second-order valence-electron chi connectivity index (χ2n) is 6.08. The van der Waals surface area contributed by atoms with Gasteiger partial charge in [0.15, 0.2) is 0 Å². The third kappa shape index (κ3) is 4.07. The Morgan fingerprint density at radius 2 is 2.04 bits per heavy atom. The van der Waals surface area contributed by atoms with E-state index in [4.69, 9.17) is 14.5 Å². The van der Waals surface area contributed by atoms with Crippen LogP contribution >= 0.6 is 11.8 Å². The molecule has 0 atom stereocenters. The molecule has 1 fully saturated rings. The van der Waals surface area contributed by atoms with Crippen molar-refractivity contribution >= 4 is 23.5 Å². The average Bonchev–Trinajstić information content (AvgIpc) is 2.66. The number of nitriles is 1. The first kappa shape index (κ1) is 18.0. The molecule has 1 aromatic rings. The van der Waals surface area contributed by atoms with E-state index in [1.54, 1.807) is 6.92 Å². The summed E-state index contributed by atoms with van der Waals surface area (Å²) in [6, 6.07) is 2.39. The number of aromatic nitrogens is 1. The fourth-order valence-electron chi connectivity index (χ4n) is 3.34. The van der Waals surface area contributed by atoms with Crippen LogP contribution < -0.4 is 4.90 Å². The fourth-order valence-corrected chi connectivity index (χ4v) is 4.23. The molecule has 0 bridgehead atoms. The molecule has 1 saturated heterocycles. The number of pyridine rings is 1. The number of ether oxygens (including phenoxy) is 2. The van der Waals surface area contributed by atoms with Gasteiger partial charge in [0.1, 0.15) is 16.9 Å². The van der Waals surface area contributed by atoms with Crippen LogP contribution in [0.5, 0.6) is 0 Å². The standard InChI is InChI=1S/C18H23N3O3S/c1-2-24-16(22)12-25-18-14-6-4-3-5-13(14)15(11-19)17(20-18)21-7-9-23-10-8-21/h2-10,12H2,1H3. The van der Waals surface area contributed by atoms with E-state index < -0.39 is 0 Å². The van der Waals surface area contributed by atoms with Crippen molar-refractivity contribution < 1.29 is 14.3 Å². The lowest BCUT2D eigenvalue weighted by atomic mass is 9.90. The number of carbonyl (C=O) groups excluding carboxylic acids is 1. The molecule has 0 spiro atoms. The first-order chi connectivity index (χ1) is 12.2. The van der Waals surface area contributed by atoms with Crippen molar-refractivity contribution in [2.45, 2.75) is 37.6 Å². The minimum Gasteiger partial charge on any atom is -0.465 e. The van der Waals surface area contributed by atoms with Crippen molar-refractivity contribution in [3.05, 3.63) is 16.7 Å². The molecule has 2 aliphatic rings. The molecule has 3 rings (SSSR count). The highest BCUT2D eigenvalue weighted by Gasteiger charge is 2.26. The van der Waals surface area contributed by atoms with Gasteiger partial charge in [0.05, 0.1) is 31.1 Å². The summed E-state index contributed by atoms with van der Waals surface area (Å²) < 4.78 is 10.5. The molecule has 1 aliphatic heterocycles. The molecular weight excluding hydrogens is 338 g/mol. The van der Waals surface area contributed by atoms with Gasteiger partial charge in [-0.25, -0.2) is 4.98 Å². The van der Waals surface area contributed by atoms with Crippen LogP contribution in [0.25, 0.3) is 0 Å². The van der Waals surface area contributed by atoms with E-state index >= 15 is 0 Å². The van der Waals surface area contributed by atoms with E-state index in [9.17, 15) is 10.1 Å². The quantitative estimate of drug-likeness (QED) is 0.588. The van der Waals surface area contributed by atoms with Crippen molar-refractivity contribution in [2.75, 3.05) is 43.6 Å². The van der Waals surface area contributed by atoms with Gasteiger partial charge >= 0.3 is 5.97 Å². The fraction of sp³-hybridized carbons (Fsp3) is 0.611. The molecule has 1 aromatic heterocycles. The van der Waals surface area contributed by atoms with Crippen molar-refractivity contribution in [1.29, 1.82) is 5.26 Å². The summed E-state index contributed by atoms with van der Waals surface area (Å²) in [7, 11) is 0. The van der Waals surface area contributed by atoms with Crippen LogP contribution in [0.15, 0.2) is 5.03 Å². The van der Waals surface area contributed by atoms with Crippen molar-refractivity contribution in [2.24, 2.45) is 0 Å². The number of hydrogen-bond donors (Lipinski definition) is 0. The van der Waals surface area contributed by atoms with Gasteiger partial charge < -0.3 is 14.4 Å². The van der Waals surface area contributed by atoms with E-state index in [0.717, 1.165) is 60.7 Å². The first-order valence-electron chi connectivity index (χ1n) is 8.81. The maximum Gasteiger partial charge on any atom is 0.316 e. The Labute approximate surface area is 152 Å². The SMILES string of the molecule is CCOC(=O)CSc1nc(N2CCOCC2)c(C#N)c2c1CCCC2. The average molecular weight is 361 g/mol. The summed E-state index contributed by atoms with van der Waals surface area (Å²) in [5, 5.41) is 10.6. The predicted molar refractivity (Wildman–Crippen MR) is 96.0 cm³/mol. The highest BCUT2D eigenvalue weighted by molar-refractivity contribution is 7.99. The molecule has 7 heteroatoms. The summed E-state index contributed by atoms with van der Waals surface area (Å²) in [5.74, 6) is 0.774. The van der Waals surface area contributed by atoms with Crippen molar-refractivity contribution in [3.8, 4) is 6.07 Å². The molecule has 0 aromatic carbocycles. The summed E-state index contributed by atoms with van der Waals surface area (Å²) in [4.78, 5) is 18.7. The number of esters is 1. The van der Waals surface area contributed by atoms with Crippen LogP contribution in [0.1, 0.15) is 36.5 Å². The number of carbonyl (C=O) groups is 1. The Balaban J connectivity index is 1.95. The molecule has 0 unspecified atom stereocenters. The largest absolute Gasteiger partial charge is 0.465 e. The molecule has 25 heavy (non-hydrogen) atoms. The zero-order valence-corrected chi connectivity index (χ0v) is 15.4. The second kappa shape index (κ2) is 8.54. The zero-order valence-electron chi connectivity index (χ0n) is 14.5. The van der Waals surface area contributed by atoms with E-state index in [1.807, 2.05) is 0 Å². The van der Waals surface area contributed by atoms with E-state index in [1.165, 1.54) is 11.8 Å². The number of anilines is 1. The first-order valence-corrected chi connectivity index (χ1v) is 9.80. The molecule has 134 valence electrons. The predicted octanol–water partition coefficient (Wildman–Crippen LogP) is 2.32. The third-order valence-electron chi connectivity index (χ3n) is 4.51. The minimum absolute atomic E-state index is 0.226. The maximum absolute atomic E-state index is 11.7. The van der Waals surface area contributed by atoms with Gasteiger partial charge in [0.25, 0.3) is 0 Å². The van der Waals surface area contributed by atoms with Crippen molar-refractivity contribution in [3.63, 3.8) is 0 Å². The van der Waals surface area contributed by atoms with Crippen molar-refractivity contribution in [1.82, 2.24) is 4.98 Å². The molecule has 0 saturated carbocycles. The number of nitrogens with zero attached hydrogens (tertiary/aromatic N) is 3. The van der Waals surface area contributed by atoms with Crippen LogP contribution in [0.2, 0.25) is 0 Å². The molecule has 1 aliphatic carbocycles. The lowest BCUT2D eigenvalue weighted by Crippen LogP contribution is -2.37. The third-order valence-corrected chi connectivity index (χ3v) is 5.50. The highest BCUT2D eigenvalue weighted by atomic mass is 32.2. The van der Waals surface area contributed by atoms with Gasteiger partial charge in [-0.1, -0.05) is 11.8 Å². The topological polar surface area (TPSA) is 75.4 Å². The minimum atomic E-state index is -0.226. The summed E-state index contributed by atoms with van der Waals surface area (Å²) in [6.07, 6.45) is 4.02. The van der Waals surface area contributed by atoms with Gasteiger partial charge in [-0.3, -0.25) is 4.79 Å². The zero-order chi connectivity index (χ0) is 17.6. The Morgan fingerprint density at radius 1 is 1.32 bits per heavy atom. The Hall–Kier alpha value is -1.78. The smallest absolute Gasteiger partial charge is 0.316 e. The number of thioether (sulfide) groups is 1. The number of rotatable bonds is 5. The van der Waals surface area contributed by atoms with Crippen LogP contribution in [-0.4, -0.2) is 49.6 Å². The highest BCUT2D eigenvalue weighted by Crippen LogP contribution is 2.36. The molecule has 0 amide bonds. The summed E-state index contributed by atoms with van der Waals surface area (Å²) >= 11 is 1.43. The van der Waals surface area contributed by atoms with Gasteiger partial charge in [0.2, 0.25) is 0 Å². The van der Waals surface area contributed by atoms with E-state index in [-0.39, 0.29) is 11.7 Å². The van der Waals surface area contributed by atoms with Gasteiger partial charge in [0, 0.05) is 13.1 Å². The second-order valence-corrected chi connectivity index (χ2v) is 7.05. The lowest BCUT2D eigenvalue weighted by molar-refractivity contribution is -0.139. The molecular formula is C18H23N3O3S. The number of fused-ring (bicyclic) bond motifs is 1. The van der Waals surface area contributed by atoms with Gasteiger partial charge in [-0.05, 0) is 43.7 Å². The molecule has 0 N–H and O–H groups in total. The van der Waals surface area contributed by atoms with E-state index in [0.29, 0.717) is 25.4 Å². The Morgan fingerprint density at radius 3 is 2.72 bits per heavy atom. The van der Waals surface area contributed by atoms with Crippen LogP contribution in [-0.2, 0) is 27.1 Å². The van der Waals surface area contributed by atoms with Gasteiger partial charge in [-0.2, -0.15) is 5.26 Å². The molecule has 6 nitrogen and oxygen atoms in total. The summed E-state index contributed by atoms with van der Waals surface area (Å²) in [6.45, 7) is 4.97. The van der Waals surface area contributed by atoms with E-state index in [2.05, 4.69) is 11.0 Å².